The zero-order valence-electron chi connectivity index (χ0n) is 16.7. The van der Waals surface area contributed by atoms with Gasteiger partial charge < -0.3 is 9.05 Å². The van der Waals surface area contributed by atoms with Crippen LogP contribution in [0.25, 0.3) is 0 Å². The number of carbonyl (C=O) groups excluding carboxylic acids is 1. The van der Waals surface area contributed by atoms with Crippen molar-refractivity contribution in [3.05, 3.63) is 71.8 Å². The minimum Gasteiger partial charge on any atom is -0.303 e. The highest BCUT2D eigenvalue weighted by Gasteiger charge is 2.34. The Morgan fingerprint density at radius 1 is 0.893 bits per heavy atom. The zero-order valence-corrected chi connectivity index (χ0v) is 17.6. The predicted octanol–water partition coefficient (Wildman–Crippen LogP) is 5.07. The van der Waals surface area contributed by atoms with E-state index in [1.165, 1.54) is 0 Å². The first-order valence-corrected chi connectivity index (χ1v) is 11.1. The van der Waals surface area contributed by atoms with E-state index in [0.29, 0.717) is 12.3 Å². The van der Waals surface area contributed by atoms with Gasteiger partial charge in [0, 0.05) is 0 Å². The van der Waals surface area contributed by atoms with E-state index >= 15 is 0 Å². The first-order chi connectivity index (χ1) is 13.4. The molecule has 0 amide bonds. The van der Waals surface area contributed by atoms with Crippen LogP contribution in [0.3, 0.4) is 0 Å². The number of benzene rings is 2. The second kappa shape index (κ2) is 11.3. The third-order valence-electron chi connectivity index (χ3n) is 4.27. The largest absolute Gasteiger partial charge is 0.347 e. The lowest BCUT2D eigenvalue weighted by molar-refractivity contribution is 0.180. The number of hydrogen-bond donors (Lipinski definition) is 1. The highest BCUT2D eigenvalue weighted by atomic mass is 31.2. The molecular formula is C22H29NO4P. The summed E-state index contributed by atoms with van der Waals surface area (Å²) in [6.07, 6.45) is 2.59. The summed E-state index contributed by atoms with van der Waals surface area (Å²) in [5, 5.41) is 3.07. The summed E-state index contributed by atoms with van der Waals surface area (Å²) >= 11 is 0. The molecule has 1 N–H and O–H groups in total. The minimum atomic E-state index is -3.54. The van der Waals surface area contributed by atoms with Crippen LogP contribution in [0, 0.1) is 5.92 Å². The Balaban J connectivity index is 2.10. The molecule has 2 atom stereocenters. The topological polar surface area (TPSA) is 64.6 Å². The minimum absolute atomic E-state index is 0.165. The van der Waals surface area contributed by atoms with Crippen molar-refractivity contribution >= 4 is 13.9 Å². The van der Waals surface area contributed by atoms with Crippen LogP contribution < -0.4 is 5.32 Å². The van der Waals surface area contributed by atoms with Gasteiger partial charge in [-0.3, -0.25) is 14.7 Å². The quantitative estimate of drug-likeness (QED) is 0.502. The Bertz CT molecular complexity index is 704. The van der Waals surface area contributed by atoms with Crippen LogP contribution >= 0.6 is 7.60 Å². The first kappa shape index (κ1) is 22.5. The molecule has 0 saturated carbocycles. The molecule has 0 fully saturated rings. The molecule has 2 rings (SSSR count). The lowest BCUT2D eigenvalue weighted by atomic mass is 10.1. The molecule has 0 aromatic heterocycles. The average molecular weight is 402 g/mol. The molecule has 2 aromatic rings. The maximum atomic E-state index is 13.6. The Kier molecular flexibility index (Phi) is 9.07. The van der Waals surface area contributed by atoms with Gasteiger partial charge in [0.05, 0.1) is 19.3 Å². The number of hydrogen-bond acceptors (Lipinski definition) is 5. The zero-order chi connectivity index (χ0) is 20.4. The fraction of sp³-hybridized carbons (Fsp3) is 0.409. The first-order valence-electron chi connectivity index (χ1n) is 9.53. The fourth-order valence-corrected chi connectivity index (χ4v) is 4.28. The Hall–Kier alpha value is -1.78. The van der Waals surface area contributed by atoms with Gasteiger partial charge in [-0.1, -0.05) is 74.5 Å². The standard InChI is InChI=1S/C22H29NO4P/c1-18(2)14-22(15-24)23-19(3)28(25,26-16-20-10-6-4-7-11-20)27-17-21-12-8-5-9-13-21/h4-13,18-19,22-23H,14,16-17H2,1-3H3/t19-,22+/m1/s1. The van der Waals surface area contributed by atoms with Crippen LogP contribution in [0.4, 0.5) is 0 Å². The molecule has 0 heterocycles. The van der Waals surface area contributed by atoms with Crippen LogP contribution in [-0.2, 0) is 31.6 Å². The maximum absolute atomic E-state index is 13.6. The summed E-state index contributed by atoms with van der Waals surface area (Å²) < 4.78 is 25.1. The molecule has 2 aromatic carbocycles. The van der Waals surface area contributed by atoms with Crippen molar-refractivity contribution in [3.8, 4) is 0 Å². The molecule has 151 valence electrons. The van der Waals surface area contributed by atoms with E-state index in [-0.39, 0.29) is 13.2 Å². The van der Waals surface area contributed by atoms with Gasteiger partial charge in [-0.25, -0.2) is 0 Å². The monoisotopic (exact) mass is 402 g/mol. The predicted molar refractivity (Wildman–Crippen MR) is 112 cm³/mol. The molecule has 1 radical (unpaired) electrons. The Morgan fingerprint density at radius 2 is 1.36 bits per heavy atom. The SMILES string of the molecule is CC(C)C[C@@H]([C]=O)N[C@@H](C)P(=O)(OCc1ccccc1)OCc1ccccc1. The summed E-state index contributed by atoms with van der Waals surface area (Å²) in [4.78, 5) is 11.3. The van der Waals surface area contributed by atoms with Gasteiger partial charge >= 0.3 is 7.60 Å². The van der Waals surface area contributed by atoms with Gasteiger partial charge in [0.15, 0.2) is 0 Å². The summed E-state index contributed by atoms with van der Waals surface area (Å²) in [7, 11) is -3.54. The van der Waals surface area contributed by atoms with Crippen molar-refractivity contribution in [3.63, 3.8) is 0 Å². The Labute approximate surface area is 168 Å². The van der Waals surface area contributed by atoms with Gasteiger partial charge in [-0.15, -0.1) is 0 Å². The van der Waals surface area contributed by atoms with Crippen LogP contribution in [0.5, 0.6) is 0 Å². The van der Waals surface area contributed by atoms with Gasteiger partial charge in [0.1, 0.15) is 5.78 Å². The maximum Gasteiger partial charge on any atom is 0.347 e. The molecule has 0 aliphatic rings. The van der Waals surface area contributed by atoms with Crippen LogP contribution in [0.15, 0.2) is 60.7 Å². The fourth-order valence-electron chi connectivity index (χ4n) is 2.74. The van der Waals surface area contributed by atoms with E-state index in [2.05, 4.69) is 5.32 Å². The summed E-state index contributed by atoms with van der Waals surface area (Å²) in [6, 6.07) is 18.5. The highest BCUT2D eigenvalue weighted by Crippen LogP contribution is 2.53. The second-order valence-electron chi connectivity index (χ2n) is 7.20. The third-order valence-corrected chi connectivity index (χ3v) is 6.35. The molecule has 0 aliphatic carbocycles. The molecule has 0 unspecified atom stereocenters. The number of rotatable bonds is 12. The van der Waals surface area contributed by atoms with Crippen LogP contribution in [0.2, 0.25) is 0 Å². The molecule has 0 aliphatic heterocycles. The highest BCUT2D eigenvalue weighted by molar-refractivity contribution is 7.54. The lowest BCUT2D eigenvalue weighted by Gasteiger charge is -2.27. The van der Waals surface area contributed by atoms with Gasteiger partial charge in [0.25, 0.3) is 0 Å². The van der Waals surface area contributed by atoms with Gasteiger partial charge in [-0.05, 0) is 30.4 Å². The average Bonchev–Trinajstić information content (AvgIpc) is 2.71. The summed E-state index contributed by atoms with van der Waals surface area (Å²) in [5.41, 5.74) is 1.80. The van der Waals surface area contributed by atoms with Crippen molar-refractivity contribution in [2.75, 3.05) is 0 Å². The molecule has 6 heteroatoms. The van der Waals surface area contributed by atoms with E-state index in [9.17, 15) is 9.36 Å². The van der Waals surface area contributed by atoms with Gasteiger partial charge in [0.2, 0.25) is 6.29 Å². The van der Waals surface area contributed by atoms with E-state index in [1.807, 2.05) is 80.8 Å². The molecule has 0 spiro atoms. The molecule has 28 heavy (non-hydrogen) atoms. The van der Waals surface area contributed by atoms with Crippen molar-refractivity contribution in [2.45, 2.75) is 52.2 Å². The second-order valence-corrected chi connectivity index (χ2v) is 9.57. The third kappa shape index (κ3) is 7.33. The normalized spacial score (nSPS) is 14.0. The molecule has 0 bridgehead atoms. The van der Waals surface area contributed by atoms with Crippen molar-refractivity contribution < 1.29 is 18.4 Å². The molecule has 5 nitrogen and oxygen atoms in total. The lowest BCUT2D eigenvalue weighted by Crippen LogP contribution is -2.39. The van der Waals surface area contributed by atoms with Gasteiger partial charge in [-0.2, -0.15) is 0 Å². The molecule has 0 saturated heterocycles. The van der Waals surface area contributed by atoms with E-state index < -0.39 is 19.4 Å². The van der Waals surface area contributed by atoms with Crippen molar-refractivity contribution in [1.82, 2.24) is 5.32 Å². The van der Waals surface area contributed by atoms with Crippen LogP contribution in [0.1, 0.15) is 38.3 Å². The van der Waals surface area contributed by atoms with Crippen LogP contribution in [-0.4, -0.2) is 18.1 Å². The smallest absolute Gasteiger partial charge is 0.303 e. The summed E-state index contributed by atoms with van der Waals surface area (Å²) in [5.74, 6) is -0.342. The molecular weight excluding hydrogens is 373 g/mol. The van der Waals surface area contributed by atoms with Crippen molar-refractivity contribution in [2.24, 2.45) is 5.92 Å². The summed E-state index contributed by atoms with van der Waals surface area (Å²) in [6.45, 7) is 6.10. The van der Waals surface area contributed by atoms with E-state index in [0.717, 1.165) is 11.1 Å². The number of nitrogens with one attached hydrogen (secondary N) is 1. The van der Waals surface area contributed by atoms with E-state index in [4.69, 9.17) is 9.05 Å². The van der Waals surface area contributed by atoms with Crippen molar-refractivity contribution in [1.29, 1.82) is 0 Å². The van der Waals surface area contributed by atoms with E-state index in [1.54, 1.807) is 6.92 Å². The Morgan fingerprint density at radius 3 is 1.75 bits per heavy atom.